The molecule has 2 rings (SSSR count). The third-order valence-corrected chi connectivity index (χ3v) is 4.48. The van der Waals surface area contributed by atoms with Crippen molar-refractivity contribution in [1.82, 2.24) is 4.90 Å². The lowest BCUT2D eigenvalue weighted by Crippen LogP contribution is -2.38. The summed E-state index contributed by atoms with van der Waals surface area (Å²) in [7, 11) is 1.96. The lowest BCUT2D eigenvalue weighted by atomic mass is 9.94. The number of amides is 1. The number of hydrogen-bond acceptors (Lipinski definition) is 2. The van der Waals surface area contributed by atoms with Crippen LogP contribution >= 0.6 is 0 Å². The van der Waals surface area contributed by atoms with Crippen molar-refractivity contribution in [3.05, 3.63) is 29.3 Å². The molecule has 0 unspecified atom stereocenters. The molecule has 0 radical (unpaired) electrons. The van der Waals surface area contributed by atoms with Gasteiger partial charge in [0.05, 0.1) is 0 Å². The summed E-state index contributed by atoms with van der Waals surface area (Å²) in [5.41, 5.74) is 3.09. The second kappa shape index (κ2) is 7.48. The van der Waals surface area contributed by atoms with E-state index >= 15 is 0 Å². The van der Waals surface area contributed by atoms with Crippen LogP contribution in [0, 0.1) is 6.92 Å². The Morgan fingerprint density at radius 1 is 1.29 bits per heavy atom. The van der Waals surface area contributed by atoms with Crippen LogP contribution in [0.15, 0.2) is 18.2 Å². The highest BCUT2D eigenvalue weighted by Gasteiger charge is 2.23. The van der Waals surface area contributed by atoms with Crippen molar-refractivity contribution >= 4 is 11.6 Å². The Kier molecular flexibility index (Phi) is 5.66. The average molecular weight is 288 g/mol. The van der Waals surface area contributed by atoms with Crippen LogP contribution in [-0.4, -0.2) is 30.4 Å². The maximum Gasteiger partial charge on any atom is 0.253 e. The molecule has 0 bridgehead atoms. The van der Waals surface area contributed by atoms with Crippen molar-refractivity contribution in [3.63, 3.8) is 0 Å². The second-order valence-corrected chi connectivity index (χ2v) is 6.16. The Hall–Kier alpha value is -1.51. The van der Waals surface area contributed by atoms with Crippen molar-refractivity contribution < 1.29 is 4.79 Å². The molecule has 1 N–H and O–H groups in total. The van der Waals surface area contributed by atoms with Crippen LogP contribution in [0.25, 0.3) is 0 Å². The lowest BCUT2D eigenvalue weighted by molar-refractivity contribution is 0.0696. The van der Waals surface area contributed by atoms with Crippen molar-refractivity contribution in [1.29, 1.82) is 0 Å². The van der Waals surface area contributed by atoms with E-state index in [1.165, 1.54) is 19.3 Å². The van der Waals surface area contributed by atoms with Crippen molar-refractivity contribution in [3.8, 4) is 0 Å². The summed E-state index contributed by atoms with van der Waals surface area (Å²) in [4.78, 5) is 14.6. The van der Waals surface area contributed by atoms with Gasteiger partial charge in [-0.3, -0.25) is 4.79 Å². The van der Waals surface area contributed by atoms with Gasteiger partial charge in [-0.05, 0) is 49.9 Å². The third kappa shape index (κ3) is 3.99. The number of benzene rings is 1. The second-order valence-electron chi connectivity index (χ2n) is 6.16. The van der Waals surface area contributed by atoms with Gasteiger partial charge in [-0.2, -0.15) is 0 Å². The maximum absolute atomic E-state index is 12.6. The summed E-state index contributed by atoms with van der Waals surface area (Å²) in [6.07, 6.45) is 7.22. The van der Waals surface area contributed by atoms with Gasteiger partial charge in [0.2, 0.25) is 0 Å². The highest BCUT2D eigenvalue weighted by molar-refractivity contribution is 5.95. The largest absolute Gasteiger partial charge is 0.385 e. The van der Waals surface area contributed by atoms with Crippen LogP contribution < -0.4 is 5.32 Å². The van der Waals surface area contributed by atoms with E-state index < -0.39 is 0 Å². The molecule has 1 aliphatic carbocycles. The van der Waals surface area contributed by atoms with Crippen molar-refractivity contribution in [2.75, 3.05) is 18.9 Å². The number of rotatable bonds is 5. The summed E-state index contributed by atoms with van der Waals surface area (Å²) in [6.45, 7) is 5.19. The third-order valence-electron chi connectivity index (χ3n) is 4.48. The Labute approximate surface area is 128 Å². The standard InChI is InChI=1S/C18H28N2O/c1-4-12-19-17-11-10-15(13-14(17)2)18(21)20(3)16-8-6-5-7-9-16/h10-11,13,16,19H,4-9,12H2,1-3H3. The molecular formula is C18H28N2O. The summed E-state index contributed by atoms with van der Waals surface area (Å²) in [6, 6.07) is 6.42. The number of hydrogen-bond donors (Lipinski definition) is 1. The summed E-state index contributed by atoms with van der Waals surface area (Å²) >= 11 is 0. The maximum atomic E-state index is 12.6. The molecular weight excluding hydrogens is 260 g/mol. The topological polar surface area (TPSA) is 32.3 Å². The first-order valence-electron chi connectivity index (χ1n) is 8.25. The molecule has 1 aromatic carbocycles. The molecule has 0 aromatic heterocycles. The SMILES string of the molecule is CCCNc1ccc(C(=O)N(C)C2CCCCC2)cc1C. The minimum Gasteiger partial charge on any atom is -0.385 e. The molecule has 0 atom stereocenters. The Morgan fingerprint density at radius 3 is 2.62 bits per heavy atom. The first-order chi connectivity index (χ1) is 10.1. The van der Waals surface area contributed by atoms with Gasteiger partial charge in [-0.15, -0.1) is 0 Å². The Morgan fingerprint density at radius 2 is 2.00 bits per heavy atom. The molecule has 0 spiro atoms. The van der Waals surface area contributed by atoms with Crippen LogP contribution in [-0.2, 0) is 0 Å². The number of nitrogens with one attached hydrogen (secondary N) is 1. The normalized spacial score (nSPS) is 15.8. The first-order valence-corrected chi connectivity index (χ1v) is 8.25. The van der Waals surface area contributed by atoms with E-state index in [2.05, 4.69) is 19.2 Å². The molecule has 3 heteroatoms. The minimum atomic E-state index is 0.159. The predicted molar refractivity (Wildman–Crippen MR) is 88.9 cm³/mol. The number of carbonyl (C=O) groups is 1. The first kappa shape index (κ1) is 15.9. The molecule has 0 aliphatic heterocycles. The minimum absolute atomic E-state index is 0.159. The average Bonchev–Trinajstić information content (AvgIpc) is 2.53. The zero-order chi connectivity index (χ0) is 15.2. The predicted octanol–water partition coefficient (Wildman–Crippen LogP) is 4.22. The van der Waals surface area contributed by atoms with E-state index in [1.807, 2.05) is 30.1 Å². The number of aryl methyl sites for hydroxylation is 1. The van der Waals surface area contributed by atoms with E-state index in [-0.39, 0.29) is 5.91 Å². The molecule has 116 valence electrons. The van der Waals surface area contributed by atoms with Gasteiger partial charge in [-0.25, -0.2) is 0 Å². The van der Waals surface area contributed by atoms with Crippen molar-refractivity contribution in [2.24, 2.45) is 0 Å². The van der Waals surface area contributed by atoms with E-state index in [0.717, 1.165) is 42.6 Å². The fraction of sp³-hybridized carbons (Fsp3) is 0.611. The van der Waals surface area contributed by atoms with Crippen LogP contribution in [0.5, 0.6) is 0 Å². The van der Waals surface area contributed by atoms with Gasteiger partial charge in [0.15, 0.2) is 0 Å². The molecule has 0 saturated heterocycles. The smallest absolute Gasteiger partial charge is 0.253 e. The van der Waals surface area contributed by atoms with Crippen LogP contribution in [0.4, 0.5) is 5.69 Å². The molecule has 21 heavy (non-hydrogen) atoms. The molecule has 1 amide bonds. The van der Waals surface area contributed by atoms with Gasteiger partial charge in [0.25, 0.3) is 5.91 Å². The zero-order valence-corrected chi connectivity index (χ0v) is 13.6. The number of nitrogens with zero attached hydrogens (tertiary/aromatic N) is 1. The van der Waals surface area contributed by atoms with Crippen molar-refractivity contribution in [2.45, 2.75) is 58.4 Å². The van der Waals surface area contributed by atoms with Crippen LogP contribution in [0.1, 0.15) is 61.4 Å². The molecule has 3 nitrogen and oxygen atoms in total. The Balaban J connectivity index is 2.06. The van der Waals surface area contributed by atoms with Gasteiger partial charge in [-0.1, -0.05) is 26.2 Å². The number of carbonyl (C=O) groups excluding carboxylic acids is 1. The molecule has 1 fully saturated rings. The fourth-order valence-electron chi connectivity index (χ4n) is 3.09. The van der Waals surface area contributed by atoms with Gasteiger partial charge in [0.1, 0.15) is 0 Å². The van der Waals surface area contributed by atoms with Gasteiger partial charge < -0.3 is 10.2 Å². The fourth-order valence-corrected chi connectivity index (χ4v) is 3.09. The van der Waals surface area contributed by atoms with Crippen LogP contribution in [0.2, 0.25) is 0 Å². The summed E-state index contributed by atoms with van der Waals surface area (Å²) < 4.78 is 0. The molecule has 1 aromatic rings. The Bertz CT molecular complexity index is 478. The monoisotopic (exact) mass is 288 g/mol. The summed E-state index contributed by atoms with van der Waals surface area (Å²) in [5.74, 6) is 0.159. The van der Waals surface area contributed by atoms with E-state index in [9.17, 15) is 4.79 Å². The van der Waals surface area contributed by atoms with Gasteiger partial charge in [0, 0.05) is 30.9 Å². The number of anilines is 1. The molecule has 1 saturated carbocycles. The summed E-state index contributed by atoms with van der Waals surface area (Å²) in [5, 5.41) is 3.40. The van der Waals surface area contributed by atoms with E-state index in [0.29, 0.717) is 6.04 Å². The lowest BCUT2D eigenvalue weighted by Gasteiger charge is -2.31. The highest BCUT2D eigenvalue weighted by Crippen LogP contribution is 2.24. The quantitative estimate of drug-likeness (QED) is 0.879. The van der Waals surface area contributed by atoms with E-state index in [1.54, 1.807) is 0 Å². The highest BCUT2D eigenvalue weighted by atomic mass is 16.2. The van der Waals surface area contributed by atoms with E-state index in [4.69, 9.17) is 0 Å². The molecule has 0 heterocycles. The van der Waals surface area contributed by atoms with Gasteiger partial charge >= 0.3 is 0 Å². The molecule has 1 aliphatic rings. The zero-order valence-electron chi connectivity index (χ0n) is 13.6. The van der Waals surface area contributed by atoms with Crippen LogP contribution in [0.3, 0.4) is 0 Å².